The number of hydrogen-bond acceptors (Lipinski definition) is 6. The van der Waals surface area contributed by atoms with Crippen molar-refractivity contribution in [2.75, 3.05) is 39.6 Å². The molecule has 0 aliphatic carbocycles. The summed E-state index contributed by atoms with van der Waals surface area (Å²) in [7, 11) is 0. The van der Waals surface area contributed by atoms with Crippen LogP contribution in [0.3, 0.4) is 0 Å². The molecule has 6 saturated heterocycles. The minimum absolute atomic E-state index is 0.0853. The molecule has 0 spiro atoms. The Morgan fingerprint density at radius 1 is 0.433 bits per heavy atom. The zero-order chi connectivity index (χ0) is 20.1. The Labute approximate surface area is 180 Å². The van der Waals surface area contributed by atoms with Crippen LogP contribution in [0.2, 0.25) is 0 Å². The molecule has 0 N–H and O–H groups in total. The lowest BCUT2D eigenvalue weighted by Gasteiger charge is -2.61. The molecule has 6 heterocycles. The average Bonchev–Trinajstić information content (AvgIpc) is 3.64. The van der Waals surface area contributed by atoms with Crippen molar-refractivity contribution in [1.82, 2.24) is 0 Å². The summed E-state index contributed by atoms with van der Waals surface area (Å²) in [6.45, 7) is 4.76. The van der Waals surface area contributed by atoms with Gasteiger partial charge < -0.3 is 28.4 Å². The highest BCUT2D eigenvalue weighted by Crippen LogP contribution is 2.64. The van der Waals surface area contributed by atoms with Crippen molar-refractivity contribution >= 4 is 0 Å². The third-order valence-corrected chi connectivity index (χ3v) is 9.07. The van der Waals surface area contributed by atoms with Gasteiger partial charge in [-0.05, 0) is 77.0 Å². The van der Waals surface area contributed by atoms with E-state index >= 15 is 0 Å². The summed E-state index contributed by atoms with van der Waals surface area (Å²) in [6.07, 6.45) is 12.6. The quantitative estimate of drug-likeness (QED) is 0.676. The summed E-state index contributed by atoms with van der Waals surface area (Å²) < 4.78 is 40.2. The van der Waals surface area contributed by atoms with E-state index in [2.05, 4.69) is 0 Å². The molecule has 0 radical (unpaired) electrons. The van der Waals surface area contributed by atoms with Crippen molar-refractivity contribution in [2.24, 2.45) is 0 Å². The van der Waals surface area contributed by atoms with E-state index in [1.165, 1.54) is 0 Å². The molecule has 6 nitrogen and oxygen atoms in total. The molecular weight excluding hydrogens is 384 g/mol. The lowest BCUT2D eigenvalue weighted by atomic mass is 9.56. The maximum Gasteiger partial charge on any atom is 0.131 e. The summed E-state index contributed by atoms with van der Waals surface area (Å²) in [5, 5.41) is 0. The first kappa shape index (κ1) is 20.4. The van der Waals surface area contributed by atoms with Crippen molar-refractivity contribution in [2.45, 2.75) is 112 Å². The molecule has 6 rings (SSSR count). The van der Waals surface area contributed by atoms with Gasteiger partial charge in [0.25, 0.3) is 0 Å². The molecule has 30 heavy (non-hydrogen) atoms. The van der Waals surface area contributed by atoms with Gasteiger partial charge in [0.15, 0.2) is 0 Å². The fraction of sp³-hybridized carbons (Fsp3) is 1.00. The molecule has 6 heteroatoms. The van der Waals surface area contributed by atoms with Crippen molar-refractivity contribution in [3.05, 3.63) is 0 Å². The Bertz CT molecular complexity index is 545. The van der Waals surface area contributed by atoms with Crippen LogP contribution in [0.4, 0.5) is 0 Å². The minimum Gasteiger partial charge on any atom is -0.375 e. The van der Waals surface area contributed by atoms with Crippen LogP contribution in [0.15, 0.2) is 0 Å². The van der Waals surface area contributed by atoms with E-state index < -0.39 is 22.4 Å². The molecule has 170 valence electrons. The highest BCUT2D eigenvalue weighted by molar-refractivity contribution is 5.28. The Morgan fingerprint density at radius 3 is 1.17 bits per heavy atom. The van der Waals surface area contributed by atoms with E-state index in [-0.39, 0.29) is 12.2 Å². The summed E-state index contributed by atoms with van der Waals surface area (Å²) in [5.74, 6) is 0. The molecule has 6 aliphatic heterocycles. The second kappa shape index (κ2) is 7.67. The Kier molecular flexibility index (Phi) is 5.21. The van der Waals surface area contributed by atoms with E-state index in [9.17, 15) is 0 Å². The van der Waals surface area contributed by atoms with Gasteiger partial charge in [-0.1, -0.05) is 0 Å². The van der Waals surface area contributed by atoms with Gasteiger partial charge in [0, 0.05) is 39.6 Å². The SMILES string of the molecule is C1CO[C@H]([C@@]2([C@]3([C@]4([C@@]5([C@H]6CCCO6)CCCO5)CCCO4)CCCO3)CCCO2)C1. The third-order valence-electron chi connectivity index (χ3n) is 9.07. The molecule has 0 saturated carbocycles. The topological polar surface area (TPSA) is 55.4 Å². The largest absolute Gasteiger partial charge is 0.375 e. The number of hydrogen-bond donors (Lipinski definition) is 0. The average molecular weight is 423 g/mol. The van der Waals surface area contributed by atoms with Gasteiger partial charge in [0.05, 0.1) is 12.2 Å². The fourth-order valence-electron chi connectivity index (χ4n) is 8.15. The molecule has 6 fully saturated rings. The van der Waals surface area contributed by atoms with Crippen LogP contribution < -0.4 is 0 Å². The Hall–Kier alpha value is -0.240. The molecule has 0 aromatic rings. The summed E-state index contributed by atoms with van der Waals surface area (Å²) in [4.78, 5) is 0. The fourth-order valence-corrected chi connectivity index (χ4v) is 8.15. The van der Waals surface area contributed by atoms with Gasteiger partial charge >= 0.3 is 0 Å². The Balaban J connectivity index is 1.52. The van der Waals surface area contributed by atoms with E-state index in [1.54, 1.807) is 0 Å². The predicted octanol–water partition coefficient (Wildman–Crippen LogP) is 3.54. The minimum atomic E-state index is -0.529. The monoisotopic (exact) mass is 422 g/mol. The molecule has 0 amide bonds. The van der Waals surface area contributed by atoms with Crippen molar-refractivity contribution in [3.63, 3.8) is 0 Å². The van der Waals surface area contributed by atoms with Crippen LogP contribution in [-0.4, -0.2) is 74.3 Å². The van der Waals surface area contributed by atoms with Crippen molar-refractivity contribution < 1.29 is 28.4 Å². The molecule has 6 atom stereocenters. The van der Waals surface area contributed by atoms with E-state index in [0.29, 0.717) is 0 Å². The van der Waals surface area contributed by atoms with Gasteiger partial charge in [-0.3, -0.25) is 0 Å². The highest BCUT2D eigenvalue weighted by atomic mass is 16.6. The zero-order valence-corrected chi connectivity index (χ0v) is 18.3. The normalized spacial score (nSPS) is 52.0. The lowest BCUT2D eigenvalue weighted by Crippen LogP contribution is -2.79. The smallest absolute Gasteiger partial charge is 0.131 e. The lowest BCUT2D eigenvalue weighted by molar-refractivity contribution is -0.335. The molecule has 6 aliphatic rings. The number of ether oxygens (including phenoxy) is 6. The van der Waals surface area contributed by atoms with E-state index in [0.717, 1.165) is 117 Å². The van der Waals surface area contributed by atoms with Crippen LogP contribution in [0.5, 0.6) is 0 Å². The molecule has 0 unspecified atom stereocenters. The summed E-state index contributed by atoms with van der Waals surface area (Å²) in [6, 6.07) is 0. The number of rotatable bonds is 5. The molecule has 0 aromatic carbocycles. The van der Waals surface area contributed by atoms with Crippen molar-refractivity contribution in [3.8, 4) is 0 Å². The first-order valence-electron chi connectivity index (χ1n) is 12.6. The second-order valence-corrected chi connectivity index (χ2v) is 10.2. The predicted molar refractivity (Wildman–Crippen MR) is 110 cm³/mol. The molecule has 0 bridgehead atoms. The first-order valence-corrected chi connectivity index (χ1v) is 12.6. The van der Waals surface area contributed by atoms with Crippen LogP contribution >= 0.6 is 0 Å². The second-order valence-electron chi connectivity index (χ2n) is 10.2. The summed E-state index contributed by atoms with van der Waals surface area (Å²) >= 11 is 0. The van der Waals surface area contributed by atoms with Gasteiger partial charge in [-0.25, -0.2) is 0 Å². The van der Waals surface area contributed by atoms with Gasteiger partial charge in [-0.15, -0.1) is 0 Å². The van der Waals surface area contributed by atoms with Gasteiger partial charge in [-0.2, -0.15) is 0 Å². The van der Waals surface area contributed by atoms with Crippen molar-refractivity contribution in [1.29, 1.82) is 0 Å². The maximum atomic E-state index is 6.96. The highest BCUT2D eigenvalue weighted by Gasteiger charge is 2.78. The van der Waals surface area contributed by atoms with Crippen LogP contribution in [0.25, 0.3) is 0 Å². The first-order chi connectivity index (χ1) is 14.8. The van der Waals surface area contributed by atoms with Crippen LogP contribution in [0.1, 0.15) is 77.0 Å². The maximum absolute atomic E-state index is 6.96. The van der Waals surface area contributed by atoms with Crippen LogP contribution in [0, 0.1) is 0 Å². The molecule has 0 aromatic heterocycles. The van der Waals surface area contributed by atoms with Gasteiger partial charge in [0.2, 0.25) is 0 Å². The Morgan fingerprint density at radius 2 is 0.867 bits per heavy atom. The van der Waals surface area contributed by atoms with E-state index in [1.807, 2.05) is 0 Å². The third kappa shape index (κ3) is 2.52. The molecular formula is C24H38O6. The van der Waals surface area contributed by atoms with E-state index in [4.69, 9.17) is 28.4 Å². The zero-order valence-electron chi connectivity index (χ0n) is 18.3. The standard InChI is InChI=1S/C24H38O6/c1-7-19(25-13-1)21(9-3-15-27-21)23(11-5-17-29-23)24(12-6-18-30-24)22(10-4-16-28-22)20-8-2-14-26-20/h19-20H,1-18H2/t19-,20+,21+,22-,23-,24+. The van der Waals surface area contributed by atoms with Crippen LogP contribution in [-0.2, 0) is 28.4 Å². The summed E-state index contributed by atoms with van der Waals surface area (Å²) in [5.41, 5.74) is -1.94. The van der Waals surface area contributed by atoms with Gasteiger partial charge in [0.1, 0.15) is 22.4 Å².